The van der Waals surface area contributed by atoms with Crippen LogP contribution in [-0.2, 0) is 6.54 Å². The number of hydrogen-bond acceptors (Lipinski definition) is 5. The normalized spacial score (nSPS) is 18.4. The van der Waals surface area contributed by atoms with E-state index in [1.807, 2.05) is 24.4 Å². The summed E-state index contributed by atoms with van der Waals surface area (Å²) in [5.74, 6) is 1.24. The third-order valence-corrected chi connectivity index (χ3v) is 4.78. The van der Waals surface area contributed by atoms with Gasteiger partial charge in [-0.3, -0.25) is 9.88 Å². The van der Waals surface area contributed by atoms with Crippen molar-refractivity contribution in [2.75, 3.05) is 33.9 Å². The van der Waals surface area contributed by atoms with Gasteiger partial charge in [0.25, 0.3) is 0 Å². The second-order valence-electron chi connectivity index (χ2n) is 5.75. The lowest BCUT2D eigenvalue weighted by molar-refractivity contribution is 0.153. The standard InChI is InChI=1S/C18H22ClN3O2/c1-23-16-6-5-14(17(19)18(16)24-2)12-22-9-8-21-11-15(22)13-4-3-7-20-10-13/h3-7,10,15,21H,8-9,11-12H2,1-2H3. The minimum absolute atomic E-state index is 0.275. The molecule has 6 heteroatoms. The fourth-order valence-electron chi connectivity index (χ4n) is 3.11. The van der Waals surface area contributed by atoms with Gasteiger partial charge < -0.3 is 14.8 Å². The molecule has 1 N–H and O–H groups in total. The second-order valence-corrected chi connectivity index (χ2v) is 6.13. The van der Waals surface area contributed by atoms with Crippen LogP contribution in [0.2, 0.25) is 5.02 Å². The predicted molar refractivity (Wildman–Crippen MR) is 94.8 cm³/mol. The van der Waals surface area contributed by atoms with Crippen molar-refractivity contribution < 1.29 is 9.47 Å². The van der Waals surface area contributed by atoms with Gasteiger partial charge in [0.05, 0.1) is 19.2 Å². The fraction of sp³-hybridized carbons (Fsp3) is 0.389. The van der Waals surface area contributed by atoms with Gasteiger partial charge in [0.2, 0.25) is 0 Å². The van der Waals surface area contributed by atoms with Crippen molar-refractivity contribution in [3.8, 4) is 11.5 Å². The zero-order valence-corrected chi connectivity index (χ0v) is 14.7. The van der Waals surface area contributed by atoms with Gasteiger partial charge in [-0.2, -0.15) is 0 Å². The first-order chi connectivity index (χ1) is 11.7. The van der Waals surface area contributed by atoms with Crippen molar-refractivity contribution in [3.63, 3.8) is 0 Å². The summed E-state index contributed by atoms with van der Waals surface area (Å²) in [4.78, 5) is 6.67. The summed E-state index contributed by atoms with van der Waals surface area (Å²) < 4.78 is 10.7. The highest BCUT2D eigenvalue weighted by molar-refractivity contribution is 6.33. The molecule has 1 aromatic carbocycles. The third-order valence-electron chi connectivity index (χ3n) is 4.36. The van der Waals surface area contributed by atoms with Gasteiger partial charge in [-0.25, -0.2) is 0 Å². The van der Waals surface area contributed by atoms with Gasteiger partial charge in [-0.05, 0) is 23.3 Å². The number of pyridine rings is 1. The molecule has 24 heavy (non-hydrogen) atoms. The molecule has 0 amide bonds. The highest BCUT2D eigenvalue weighted by atomic mass is 35.5. The maximum absolute atomic E-state index is 6.55. The van der Waals surface area contributed by atoms with E-state index in [0.29, 0.717) is 16.5 Å². The Kier molecular flexibility index (Phi) is 5.56. The molecular formula is C18H22ClN3O2. The smallest absolute Gasteiger partial charge is 0.179 e. The van der Waals surface area contributed by atoms with Crippen LogP contribution in [0.1, 0.15) is 17.2 Å². The van der Waals surface area contributed by atoms with Crippen LogP contribution in [0.4, 0.5) is 0 Å². The molecule has 5 nitrogen and oxygen atoms in total. The number of aromatic nitrogens is 1. The monoisotopic (exact) mass is 347 g/mol. The summed E-state index contributed by atoms with van der Waals surface area (Å²) in [7, 11) is 3.22. The molecule has 3 rings (SSSR count). The van der Waals surface area contributed by atoms with Crippen molar-refractivity contribution in [2.45, 2.75) is 12.6 Å². The van der Waals surface area contributed by atoms with Crippen molar-refractivity contribution in [1.29, 1.82) is 0 Å². The van der Waals surface area contributed by atoms with Crippen LogP contribution < -0.4 is 14.8 Å². The van der Waals surface area contributed by atoms with Gasteiger partial charge in [0.1, 0.15) is 0 Å². The van der Waals surface area contributed by atoms with Gasteiger partial charge in [0, 0.05) is 44.6 Å². The van der Waals surface area contributed by atoms with Crippen molar-refractivity contribution in [1.82, 2.24) is 15.2 Å². The number of ether oxygens (including phenoxy) is 2. The highest BCUT2D eigenvalue weighted by Crippen LogP contribution is 2.38. The van der Waals surface area contributed by atoms with Gasteiger partial charge in [-0.15, -0.1) is 0 Å². The first-order valence-electron chi connectivity index (χ1n) is 7.98. The van der Waals surface area contributed by atoms with Crippen LogP contribution in [0.5, 0.6) is 11.5 Å². The average Bonchev–Trinajstić information content (AvgIpc) is 2.64. The van der Waals surface area contributed by atoms with Crippen LogP contribution in [0.25, 0.3) is 0 Å². The van der Waals surface area contributed by atoms with Crippen molar-refractivity contribution in [3.05, 3.63) is 52.8 Å². The summed E-state index contributed by atoms with van der Waals surface area (Å²) >= 11 is 6.55. The average molecular weight is 348 g/mol. The number of piperazine rings is 1. The van der Waals surface area contributed by atoms with Gasteiger partial charge in [0.15, 0.2) is 11.5 Å². The van der Waals surface area contributed by atoms with Crippen LogP contribution in [0, 0.1) is 0 Å². The number of nitrogens with one attached hydrogen (secondary N) is 1. The Balaban J connectivity index is 1.86. The minimum atomic E-state index is 0.275. The Hall–Kier alpha value is -1.82. The molecule has 0 bridgehead atoms. The van der Waals surface area contributed by atoms with E-state index in [0.717, 1.165) is 31.7 Å². The minimum Gasteiger partial charge on any atom is -0.493 e. The van der Waals surface area contributed by atoms with Gasteiger partial charge in [-0.1, -0.05) is 23.7 Å². The van der Waals surface area contributed by atoms with Crippen LogP contribution in [-0.4, -0.2) is 43.7 Å². The molecule has 0 aliphatic carbocycles. The lowest BCUT2D eigenvalue weighted by Gasteiger charge is -2.36. The molecule has 0 saturated carbocycles. The van der Waals surface area contributed by atoms with E-state index >= 15 is 0 Å². The summed E-state index contributed by atoms with van der Waals surface area (Å²) in [6.07, 6.45) is 3.73. The molecular weight excluding hydrogens is 326 g/mol. The van der Waals surface area contributed by atoms with E-state index in [9.17, 15) is 0 Å². The summed E-state index contributed by atoms with van der Waals surface area (Å²) in [6, 6.07) is 8.28. The zero-order valence-electron chi connectivity index (χ0n) is 14.0. The number of nitrogens with zero attached hydrogens (tertiary/aromatic N) is 2. The van der Waals surface area contributed by atoms with E-state index in [1.54, 1.807) is 20.4 Å². The van der Waals surface area contributed by atoms with E-state index < -0.39 is 0 Å². The van der Waals surface area contributed by atoms with E-state index in [4.69, 9.17) is 21.1 Å². The third kappa shape index (κ3) is 3.48. The maximum atomic E-state index is 6.55. The maximum Gasteiger partial charge on any atom is 0.179 e. The molecule has 2 aromatic rings. The lowest BCUT2D eigenvalue weighted by Crippen LogP contribution is -2.45. The Morgan fingerprint density at radius 1 is 1.29 bits per heavy atom. The molecule has 128 valence electrons. The largest absolute Gasteiger partial charge is 0.493 e. The molecule has 1 unspecified atom stereocenters. The van der Waals surface area contributed by atoms with E-state index in [2.05, 4.69) is 21.3 Å². The van der Waals surface area contributed by atoms with Crippen molar-refractivity contribution >= 4 is 11.6 Å². The summed E-state index contributed by atoms with van der Waals surface area (Å²) in [5, 5.41) is 4.07. The van der Waals surface area contributed by atoms with Crippen LogP contribution in [0.3, 0.4) is 0 Å². The number of hydrogen-bond donors (Lipinski definition) is 1. The molecule has 1 aliphatic heterocycles. The lowest BCUT2D eigenvalue weighted by atomic mass is 10.0. The fourth-order valence-corrected chi connectivity index (χ4v) is 3.40. The summed E-state index contributed by atoms with van der Waals surface area (Å²) in [6.45, 7) is 3.56. The molecule has 0 spiro atoms. The first-order valence-corrected chi connectivity index (χ1v) is 8.36. The Bertz CT molecular complexity index is 681. The number of halogens is 1. The topological polar surface area (TPSA) is 46.6 Å². The Labute approximate surface area is 147 Å². The first kappa shape index (κ1) is 17.0. The molecule has 0 radical (unpaired) electrons. The second kappa shape index (κ2) is 7.83. The van der Waals surface area contributed by atoms with E-state index in [1.165, 1.54) is 5.56 Å². The molecule has 1 aromatic heterocycles. The summed E-state index contributed by atoms with van der Waals surface area (Å²) in [5.41, 5.74) is 2.24. The van der Waals surface area contributed by atoms with Crippen LogP contribution >= 0.6 is 11.6 Å². The zero-order chi connectivity index (χ0) is 16.9. The number of methoxy groups -OCH3 is 2. The molecule has 2 heterocycles. The van der Waals surface area contributed by atoms with E-state index in [-0.39, 0.29) is 6.04 Å². The molecule has 1 fully saturated rings. The molecule has 1 aliphatic rings. The SMILES string of the molecule is COc1ccc(CN2CCNCC2c2cccnc2)c(Cl)c1OC. The molecule has 1 saturated heterocycles. The highest BCUT2D eigenvalue weighted by Gasteiger charge is 2.25. The predicted octanol–water partition coefficient (Wildman–Crippen LogP) is 2.90. The van der Waals surface area contributed by atoms with Gasteiger partial charge >= 0.3 is 0 Å². The Morgan fingerprint density at radius 3 is 2.88 bits per heavy atom. The number of benzene rings is 1. The van der Waals surface area contributed by atoms with Crippen LogP contribution in [0.15, 0.2) is 36.7 Å². The Morgan fingerprint density at radius 2 is 2.17 bits per heavy atom. The number of rotatable bonds is 5. The molecule has 1 atom stereocenters. The van der Waals surface area contributed by atoms with Crippen molar-refractivity contribution in [2.24, 2.45) is 0 Å². The quantitative estimate of drug-likeness (QED) is 0.901.